The number of anilines is 1. The lowest BCUT2D eigenvalue weighted by atomic mass is 10.1. The molecule has 3 amide bonds. The molecule has 0 bridgehead atoms. The fourth-order valence-corrected chi connectivity index (χ4v) is 2.21. The average molecular weight is 356 g/mol. The molecule has 0 fully saturated rings. The Balaban J connectivity index is 2.75. The van der Waals surface area contributed by atoms with Gasteiger partial charge in [-0.3, -0.25) is 9.59 Å². The molecule has 0 aliphatic rings. The quantitative estimate of drug-likeness (QED) is 0.733. The Morgan fingerprint density at radius 3 is 2.62 bits per heavy atom. The fourth-order valence-electron chi connectivity index (χ4n) is 2.02. The Labute approximate surface area is 146 Å². The molecular formula is C16H22ClN3O4. The molecule has 24 heavy (non-hydrogen) atoms. The number of amides is 3. The summed E-state index contributed by atoms with van der Waals surface area (Å²) in [5, 5.41) is 5.84. The van der Waals surface area contributed by atoms with Crippen molar-refractivity contribution in [3.8, 4) is 0 Å². The molecule has 7 nitrogen and oxygen atoms in total. The van der Waals surface area contributed by atoms with Crippen molar-refractivity contribution in [2.75, 3.05) is 32.1 Å². The summed E-state index contributed by atoms with van der Waals surface area (Å²) in [7, 11) is 1.30. The number of ether oxygens (including phenoxy) is 1. The van der Waals surface area contributed by atoms with E-state index in [0.29, 0.717) is 10.7 Å². The summed E-state index contributed by atoms with van der Waals surface area (Å²) in [6, 6.07) is 6.36. The van der Waals surface area contributed by atoms with Gasteiger partial charge in [-0.1, -0.05) is 24.6 Å². The summed E-state index contributed by atoms with van der Waals surface area (Å²) in [6.07, 6.45) is 0. The van der Waals surface area contributed by atoms with Crippen LogP contribution in [0.2, 0.25) is 5.02 Å². The lowest BCUT2D eigenvalue weighted by molar-refractivity contribution is -0.145. The lowest BCUT2D eigenvalue weighted by Gasteiger charge is -2.25. The average Bonchev–Trinajstić information content (AvgIpc) is 2.52. The highest BCUT2D eigenvalue weighted by Crippen LogP contribution is 2.15. The maximum Gasteiger partial charge on any atom is 0.321 e. The van der Waals surface area contributed by atoms with Crippen LogP contribution in [-0.4, -0.2) is 49.6 Å². The van der Waals surface area contributed by atoms with E-state index >= 15 is 0 Å². The summed E-state index contributed by atoms with van der Waals surface area (Å²) < 4.78 is 4.68. The molecule has 0 aliphatic carbocycles. The number of carbonyl (C=O) groups is 3. The van der Waals surface area contributed by atoms with E-state index in [1.54, 1.807) is 31.2 Å². The van der Waals surface area contributed by atoms with Crippen LogP contribution in [0.3, 0.4) is 0 Å². The highest BCUT2D eigenvalue weighted by molar-refractivity contribution is 6.30. The minimum absolute atomic E-state index is 0.165. The van der Waals surface area contributed by atoms with E-state index in [9.17, 15) is 14.4 Å². The van der Waals surface area contributed by atoms with Gasteiger partial charge in [-0.05, 0) is 18.2 Å². The van der Waals surface area contributed by atoms with Crippen LogP contribution in [-0.2, 0) is 14.3 Å². The van der Waals surface area contributed by atoms with E-state index < -0.39 is 17.9 Å². The highest BCUT2D eigenvalue weighted by atomic mass is 35.5. The van der Waals surface area contributed by atoms with Gasteiger partial charge in [0.25, 0.3) is 0 Å². The predicted molar refractivity (Wildman–Crippen MR) is 91.9 cm³/mol. The first-order valence-electron chi connectivity index (χ1n) is 7.47. The van der Waals surface area contributed by atoms with Gasteiger partial charge >= 0.3 is 12.0 Å². The van der Waals surface area contributed by atoms with Gasteiger partial charge in [0, 0.05) is 37.3 Å². The highest BCUT2D eigenvalue weighted by Gasteiger charge is 2.21. The molecule has 1 atom stereocenters. The molecule has 2 N–H and O–H groups in total. The van der Waals surface area contributed by atoms with Gasteiger partial charge in [-0.15, -0.1) is 0 Å². The van der Waals surface area contributed by atoms with Gasteiger partial charge in [0.05, 0.1) is 13.0 Å². The number of rotatable bonds is 7. The van der Waals surface area contributed by atoms with E-state index in [1.165, 1.54) is 18.9 Å². The van der Waals surface area contributed by atoms with E-state index in [4.69, 9.17) is 11.6 Å². The molecule has 0 spiro atoms. The van der Waals surface area contributed by atoms with Crippen LogP contribution in [0.1, 0.15) is 13.8 Å². The van der Waals surface area contributed by atoms with Crippen molar-refractivity contribution in [2.24, 2.45) is 5.92 Å². The maximum atomic E-state index is 12.5. The number of hydrogen-bond acceptors (Lipinski definition) is 4. The molecule has 0 heterocycles. The Hall–Kier alpha value is -2.28. The number of nitrogens with zero attached hydrogens (tertiary/aromatic N) is 1. The third-order valence-corrected chi connectivity index (χ3v) is 3.45. The number of methoxy groups -OCH3 is 1. The van der Waals surface area contributed by atoms with Crippen molar-refractivity contribution < 1.29 is 19.1 Å². The largest absolute Gasteiger partial charge is 0.469 e. The molecule has 132 valence electrons. The lowest BCUT2D eigenvalue weighted by Crippen LogP contribution is -2.43. The summed E-state index contributed by atoms with van der Waals surface area (Å²) in [5.74, 6) is -1.08. The molecule has 0 aliphatic heterocycles. The van der Waals surface area contributed by atoms with Gasteiger partial charge in [-0.2, -0.15) is 0 Å². The first-order valence-corrected chi connectivity index (χ1v) is 7.85. The minimum Gasteiger partial charge on any atom is -0.469 e. The molecule has 1 unspecified atom stereocenters. The Kier molecular flexibility index (Phi) is 8.05. The van der Waals surface area contributed by atoms with Crippen LogP contribution >= 0.6 is 11.6 Å². The van der Waals surface area contributed by atoms with E-state index in [-0.39, 0.29) is 25.5 Å². The number of nitrogens with one attached hydrogen (secondary N) is 2. The predicted octanol–water partition coefficient (Wildman–Crippen LogP) is 2.12. The second-order valence-corrected chi connectivity index (χ2v) is 5.73. The monoisotopic (exact) mass is 355 g/mol. The summed E-state index contributed by atoms with van der Waals surface area (Å²) in [5.41, 5.74) is 0.544. The zero-order chi connectivity index (χ0) is 18.1. The number of hydrogen-bond donors (Lipinski definition) is 2. The first-order chi connectivity index (χ1) is 11.3. The maximum absolute atomic E-state index is 12.5. The number of carbonyl (C=O) groups excluding carboxylic acids is 3. The third kappa shape index (κ3) is 6.87. The van der Waals surface area contributed by atoms with E-state index in [0.717, 1.165) is 0 Å². The van der Waals surface area contributed by atoms with Crippen molar-refractivity contribution in [3.05, 3.63) is 29.3 Å². The van der Waals surface area contributed by atoms with Gasteiger partial charge in [0.2, 0.25) is 5.91 Å². The molecule has 1 aromatic rings. The number of esters is 1. The molecule has 0 saturated heterocycles. The molecule has 0 saturated carbocycles. The van der Waals surface area contributed by atoms with Crippen molar-refractivity contribution in [3.63, 3.8) is 0 Å². The van der Waals surface area contributed by atoms with Gasteiger partial charge in [0.1, 0.15) is 0 Å². The summed E-state index contributed by atoms with van der Waals surface area (Å²) in [4.78, 5) is 36.5. The van der Waals surface area contributed by atoms with Gasteiger partial charge in [0.15, 0.2) is 0 Å². The second kappa shape index (κ2) is 9.77. The fraction of sp³-hybridized carbons (Fsp3) is 0.438. The van der Waals surface area contributed by atoms with Crippen LogP contribution in [0.4, 0.5) is 10.5 Å². The van der Waals surface area contributed by atoms with E-state index in [1.807, 2.05) is 0 Å². The first kappa shape index (κ1) is 19.8. The zero-order valence-electron chi connectivity index (χ0n) is 14.0. The van der Waals surface area contributed by atoms with Crippen LogP contribution in [0.5, 0.6) is 0 Å². The Bertz CT molecular complexity index is 594. The summed E-state index contributed by atoms with van der Waals surface area (Å²) >= 11 is 5.90. The number of halogens is 1. The van der Waals surface area contributed by atoms with Crippen LogP contribution < -0.4 is 10.6 Å². The molecule has 0 aromatic heterocycles. The summed E-state index contributed by atoms with van der Waals surface area (Å²) in [6.45, 7) is 3.77. The smallest absolute Gasteiger partial charge is 0.321 e. The van der Waals surface area contributed by atoms with Crippen LogP contribution in [0.25, 0.3) is 0 Å². The van der Waals surface area contributed by atoms with Gasteiger partial charge in [-0.25, -0.2) is 4.79 Å². The Morgan fingerprint density at radius 2 is 2.04 bits per heavy atom. The molecule has 0 radical (unpaired) electrons. The SMILES string of the molecule is COC(=O)C(C)CN(CCNC(C)=O)C(=O)Nc1cccc(Cl)c1. The molecule has 1 aromatic carbocycles. The molecular weight excluding hydrogens is 334 g/mol. The third-order valence-electron chi connectivity index (χ3n) is 3.22. The zero-order valence-corrected chi connectivity index (χ0v) is 14.7. The van der Waals surface area contributed by atoms with Gasteiger partial charge < -0.3 is 20.3 Å². The van der Waals surface area contributed by atoms with E-state index in [2.05, 4.69) is 15.4 Å². The van der Waals surface area contributed by atoms with Crippen LogP contribution in [0, 0.1) is 5.92 Å². The molecule has 8 heteroatoms. The standard InChI is InChI=1S/C16H22ClN3O4/c1-11(15(22)24-3)10-20(8-7-18-12(2)21)16(23)19-14-6-4-5-13(17)9-14/h4-6,9,11H,7-8,10H2,1-3H3,(H,18,21)(H,19,23). The minimum atomic E-state index is -0.488. The van der Waals surface area contributed by atoms with Crippen molar-refractivity contribution >= 4 is 35.2 Å². The molecule has 1 rings (SSSR count). The number of urea groups is 1. The van der Waals surface area contributed by atoms with Crippen molar-refractivity contribution in [2.45, 2.75) is 13.8 Å². The van der Waals surface area contributed by atoms with Crippen LogP contribution in [0.15, 0.2) is 24.3 Å². The Morgan fingerprint density at radius 1 is 1.33 bits per heavy atom. The van der Waals surface area contributed by atoms with Crippen molar-refractivity contribution in [1.82, 2.24) is 10.2 Å². The normalized spacial score (nSPS) is 11.3. The second-order valence-electron chi connectivity index (χ2n) is 5.29. The topological polar surface area (TPSA) is 87.7 Å². The number of benzene rings is 1. The van der Waals surface area contributed by atoms with Crippen molar-refractivity contribution in [1.29, 1.82) is 0 Å².